The molecule has 0 aromatic heterocycles. The molecule has 5 heteroatoms. The van der Waals surface area contributed by atoms with Crippen LogP contribution < -0.4 is 15.4 Å². The van der Waals surface area contributed by atoms with E-state index >= 15 is 0 Å². The highest BCUT2D eigenvalue weighted by Gasteiger charge is 2.17. The van der Waals surface area contributed by atoms with Crippen LogP contribution in [0.25, 0.3) is 0 Å². The third-order valence-corrected chi connectivity index (χ3v) is 4.03. The molecule has 0 aliphatic carbocycles. The maximum absolute atomic E-state index is 6.20. The quantitative estimate of drug-likeness (QED) is 0.817. The van der Waals surface area contributed by atoms with Gasteiger partial charge in [-0.05, 0) is 48.5 Å². The highest BCUT2D eigenvalue weighted by atomic mass is 79.9. The average Bonchev–Trinajstić information content (AvgIpc) is 2.32. The largest absolute Gasteiger partial charge is 0.495 e. The van der Waals surface area contributed by atoms with Crippen molar-refractivity contribution in [2.24, 2.45) is 0 Å². The molecule has 0 spiro atoms. The lowest BCUT2D eigenvalue weighted by atomic mass is 10.0. The van der Waals surface area contributed by atoms with Crippen LogP contribution in [0.4, 0.5) is 0 Å². The van der Waals surface area contributed by atoms with Crippen LogP contribution in [-0.4, -0.2) is 20.8 Å². The van der Waals surface area contributed by atoms with Gasteiger partial charge >= 0.3 is 0 Å². The van der Waals surface area contributed by atoms with E-state index in [1.807, 2.05) is 20.0 Å². The Balaban J connectivity index is 3.13. The first-order valence-corrected chi connectivity index (χ1v) is 6.60. The van der Waals surface area contributed by atoms with E-state index in [4.69, 9.17) is 16.3 Å². The van der Waals surface area contributed by atoms with E-state index in [-0.39, 0.29) is 6.04 Å². The fraction of sp³-hybridized carbons (Fsp3) is 0.500. The Morgan fingerprint density at radius 2 is 2.18 bits per heavy atom. The lowest BCUT2D eigenvalue weighted by molar-refractivity contribution is 0.398. The molecule has 1 aromatic rings. The predicted molar refractivity (Wildman–Crippen MR) is 75.9 cm³/mol. The molecular weight excluding hydrogens is 304 g/mol. The van der Waals surface area contributed by atoms with Gasteiger partial charge in [-0.1, -0.05) is 11.6 Å². The molecule has 0 amide bonds. The third-order valence-electron chi connectivity index (χ3n) is 2.69. The third kappa shape index (κ3) is 3.35. The van der Waals surface area contributed by atoms with Gasteiger partial charge in [0, 0.05) is 23.3 Å². The Morgan fingerprint density at radius 3 is 2.71 bits per heavy atom. The lowest BCUT2D eigenvalue weighted by Gasteiger charge is -2.20. The fourth-order valence-electron chi connectivity index (χ4n) is 1.61. The van der Waals surface area contributed by atoms with Crippen molar-refractivity contribution in [2.75, 3.05) is 20.8 Å². The number of hydrogen-bond acceptors (Lipinski definition) is 3. The molecule has 0 aliphatic heterocycles. The monoisotopic (exact) mass is 320 g/mol. The summed E-state index contributed by atoms with van der Waals surface area (Å²) in [6.45, 7) is 4.77. The summed E-state index contributed by atoms with van der Waals surface area (Å²) in [6, 6.07) is 2.11. The molecule has 0 aliphatic rings. The van der Waals surface area contributed by atoms with E-state index in [1.165, 1.54) is 0 Å². The van der Waals surface area contributed by atoms with Gasteiger partial charge in [-0.25, -0.2) is 0 Å². The molecule has 17 heavy (non-hydrogen) atoms. The van der Waals surface area contributed by atoms with Gasteiger partial charge in [0.1, 0.15) is 5.75 Å². The summed E-state index contributed by atoms with van der Waals surface area (Å²) < 4.78 is 6.36. The maximum Gasteiger partial charge on any atom is 0.138 e. The number of nitrogens with one attached hydrogen (secondary N) is 2. The minimum Gasteiger partial charge on any atom is -0.495 e. The summed E-state index contributed by atoms with van der Waals surface area (Å²) in [5, 5.41) is 7.12. The average molecular weight is 322 g/mol. The maximum atomic E-state index is 6.20. The van der Waals surface area contributed by atoms with Gasteiger partial charge < -0.3 is 10.1 Å². The number of ether oxygens (including phenoxy) is 1. The number of hydrogen-bond donors (Lipinski definition) is 2. The molecule has 3 nitrogen and oxygen atoms in total. The van der Waals surface area contributed by atoms with Crippen molar-refractivity contribution < 1.29 is 4.74 Å². The van der Waals surface area contributed by atoms with Crippen molar-refractivity contribution in [1.82, 2.24) is 10.6 Å². The highest BCUT2D eigenvalue weighted by Crippen LogP contribution is 2.39. The standard InChI is InChI=1S/C12H18BrClN2O/c1-7-10(14)5-9(8(2)16-6-15-3)12(17-4)11(7)13/h5,8,15-16H,6H2,1-4H3. The zero-order chi connectivity index (χ0) is 13.0. The summed E-state index contributed by atoms with van der Waals surface area (Å²) in [5.41, 5.74) is 2.04. The van der Waals surface area contributed by atoms with E-state index in [1.54, 1.807) is 7.11 Å². The number of rotatable bonds is 5. The van der Waals surface area contributed by atoms with Gasteiger partial charge in [0.2, 0.25) is 0 Å². The van der Waals surface area contributed by atoms with E-state index in [2.05, 4.69) is 33.5 Å². The van der Waals surface area contributed by atoms with Crippen molar-refractivity contribution in [3.63, 3.8) is 0 Å². The van der Waals surface area contributed by atoms with E-state index < -0.39 is 0 Å². The molecule has 0 saturated heterocycles. The molecule has 1 unspecified atom stereocenters. The molecular formula is C12H18BrClN2O. The number of benzene rings is 1. The Labute approximate surface area is 116 Å². The molecule has 1 aromatic carbocycles. The molecule has 0 radical (unpaired) electrons. The summed E-state index contributed by atoms with van der Waals surface area (Å²) in [7, 11) is 3.57. The second-order valence-electron chi connectivity index (χ2n) is 3.88. The molecule has 1 atom stereocenters. The van der Waals surface area contributed by atoms with Crippen LogP contribution in [0.3, 0.4) is 0 Å². The highest BCUT2D eigenvalue weighted by molar-refractivity contribution is 9.10. The van der Waals surface area contributed by atoms with Gasteiger partial charge in [0.15, 0.2) is 0 Å². The van der Waals surface area contributed by atoms with Crippen molar-refractivity contribution in [2.45, 2.75) is 19.9 Å². The Hall–Kier alpha value is -0.290. The van der Waals surface area contributed by atoms with Crippen LogP contribution in [0.15, 0.2) is 10.5 Å². The minimum atomic E-state index is 0.159. The first kappa shape index (κ1) is 14.8. The van der Waals surface area contributed by atoms with Crippen LogP contribution in [-0.2, 0) is 0 Å². The second kappa shape index (κ2) is 6.59. The molecule has 0 bridgehead atoms. The van der Waals surface area contributed by atoms with Crippen LogP contribution in [0, 0.1) is 6.92 Å². The molecule has 0 heterocycles. The van der Waals surface area contributed by atoms with E-state index in [0.717, 1.165) is 33.0 Å². The molecule has 96 valence electrons. The predicted octanol–water partition coefficient (Wildman–Crippen LogP) is 3.25. The van der Waals surface area contributed by atoms with Gasteiger partial charge in [0.05, 0.1) is 11.6 Å². The van der Waals surface area contributed by atoms with Crippen LogP contribution in [0.2, 0.25) is 5.02 Å². The van der Waals surface area contributed by atoms with Gasteiger partial charge in [0.25, 0.3) is 0 Å². The summed E-state index contributed by atoms with van der Waals surface area (Å²) in [5.74, 6) is 0.836. The first-order valence-electron chi connectivity index (χ1n) is 5.43. The SMILES string of the molecule is CNCNC(C)c1cc(Cl)c(C)c(Br)c1OC. The zero-order valence-corrected chi connectivity index (χ0v) is 12.9. The van der Waals surface area contributed by atoms with E-state index in [9.17, 15) is 0 Å². The van der Waals surface area contributed by atoms with Crippen LogP contribution in [0.1, 0.15) is 24.1 Å². The number of halogens is 2. The topological polar surface area (TPSA) is 33.3 Å². The van der Waals surface area contributed by atoms with Gasteiger partial charge in [-0.3, -0.25) is 5.32 Å². The Morgan fingerprint density at radius 1 is 1.53 bits per heavy atom. The minimum absolute atomic E-state index is 0.159. The normalized spacial score (nSPS) is 12.6. The lowest BCUT2D eigenvalue weighted by Crippen LogP contribution is -2.28. The van der Waals surface area contributed by atoms with Gasteiger partial charge in [-0.15, -0.1) is 0 Å². The molecule has 0 saturated carbocycles. The zero-order valence-electron chi connectivity index (χ0n) is 10.5. The molecule has 2 N–H and O–H groups in total. The summed E-state index contributed by atoms with van der Waals surface area (Å²) >= 11 is 9.72. The van der Waals surface area contributed by atoms with Crippen molar-refractivity contribution in [3.05, 3.63) is 26.7 Å². The second-order valence-corrected chi connectivity index (χ2v) is 5.08. The van der Waals surface area contributed by atoms with Gasteiger partial charge in [-0.2, -0.15) is 0 Å². The summed E-state index contributed by atoms with van der Waals surface area (Å²) in [4.78, 5) is 0. The Kier molecular flexibility index (Phi) is 5.73. The summed E-state index contributed by atoms with van der Waals surface area (Å²) in [6.07, 6.45) is 0. The van der Waals surface area contributed by atoms with Crippen molar-refractivity contribution in [1.29, 1.82) is 0 Å². The Bertz CT molecular complexity index is 399. The van der Waals surface area contributed by atoms with Crippen molar-refractivity contribution in [3.8, 4) is 5.75 Å². The van der Waals surface area contributed by atoms with Crippen molar-refractivity contribution >= 4 is 27.5 Å². The van der Waals surface area contributed by atoms with E-state index in [0.29, 0.717) is 0 Å². The number of methoxy groups -OCH3 is 1. The fourth-order valence-corrected chi connectivity index (χ4v) is 2.54. The molecule has 0 fully saturated rings. The molecule has 1 rings (SSSR count). The first-order chi connectivity index (χ1) is 8.02. The van der Waals surface area contributed by atoms with Crippen LogP contribution >= 0.6 is 27.5 Å². The van der Waals surface area contributed by atoms with Crippen LogP contribution in [0.5, 0.6) is 5.75 Å². The smallest absolute Gasteiger partial charge is 0.138 e.